The number of ether oxygens (including phenoxy) is 2. The summed E-state index contributed by atoms with van der Waals surface area (Å²) in [5.41, 5.74) is -0.201. The van der Waals surface area contributed by atoms with Crippen LogP contribution in [-0.2, 0) is 14.8 Å². The third-order valence-corrected chi connectivity index (χ3v) is 6.32. The molecule has 132 valence electrons. The predicted molar refractivity (Wildman–Crippen MR) is 85.5 cm³/mol. The lowest BCUT2D eigenvalue weighted by atomic mass is 10.1. The van der Waals surface area contributed by atoms with Gasteiger partial charge in [0.2, 0.25) is 10.0 Å². The smallest absolute Gasteiger partial charge is 0.273 e. The zero-order valence-electron chi connectivity index (χ0n) is 13.4. The van der Waals surface area contributed by atoms with Gasteiger partial charge in [-0.2, -0.15) is 4.31 Å². The van der Waals surface area contributed by atoms with Crippen molar-refractivity contribution >= 4 is 15.7 Å². The van der Waals surface area contributed by atoms with E-state index < -0.39 is 14.9 Å². The first-order valence-electron chi connectivity index (χ1n) is 7.85. The van der Waals surface area contributed by atoms with Crippen LogP contribution in [0.1, 0.15) is 19.3 Å². The molecule has 2 aliphatic rings. The number of benzene rings is 1. The molecule has 1 aromatic carbocycles. The maximum atomic E-state index is 13.1. The molecule has 0 spiro atoms. The van der Waals surface area contributed by atoms with Gasteiger partial charge >= 0.3 is 0 Å². The van der Waals surface area contributed by atoms with Gasteiger partial charge in [0.15, 0.2) is 0 Å². The molecule has 0 N–H and O–H groups in total. The number of nitro groups is 1. The average molecular weight is 356 g/mol. The summed E-state index contributed by atoms with van der Waals surface area (Å²) >= 11 is 0. The molecular formula is C15H20N2O6S. The van der Waals surface area contributed by atoms with Crippen LogP contribution < -0.4 is 4.74 Å². The Bertz CT molecular complexity index is 725. The molecular weight excluding hydrogens is 336 g/mol. The Labute approximate surface area is 140 Å². The van der Waals surface area contributed by atoms with Crippen LogP contribution in [0, 0.1) is 16.0 Å². The summed E-state index contributed by atoms with van der Waals surface area (Å²) in [5.74, 6) is 0.182. The Kier molecular flexibility index (Phi) is 4.75. The second-order valence-corrected chi connectivity index (χ2v) is 7.99. The van der Waals surface area contributed by atoms with E-state index in [9.17, 15) is 18.5 Å². The van der Waals surface area contributed by atoms with Crippen LogP contribution in [0.5, 0.6) is 5.75 Å². The Balaban J connectivity index is 1.93. The molecule has 9 heteroatoms. The van der Waals surface area contributed by atoms with E-state index in [0.717, 1.165) is 25.3 Å². The molecule has 1 aliphatic heterocycles. The van der Waals surface area contributed by atoms with Crippen LogP contribution in [-0.4, -0.2) is 50.6 Å². The Morgan fingerprint density at radius 3 is 2.67 bits per heavy atom. The van der Waals surface area contributed by atoms with Crippen molar-refractivity contribution in [3.63, 3.8) is 0 Å². The molecule has 0 aromatic heterocycles. The van der Waals surface area contributed by atoms with E-state index >= 15 is 0 Å². The zero-order valence-corrected chi connectivity index (χ0v) is 14.2. The standard InChI is InChI=1S/C15H20N2O6S/c1-22-14-8-13(17(18)19)4-5-15(14)24(20,21)16(12-2-3-12)9-11-6-7-23-10-11/h4-5,8,11-12H,2-3,6-7,9-10H2,1H3. The number of nitrogens with zero attached hydrogens (tertiary/aromatic N) is 2. The molecule has 0 amide bonds. The van der Waals surface area contributed by atoms with Crippen molar-refractivity contribution < 1.29 is 22.8 Å². The highest BCUT2D eigenvalue weighted by Crippen LogP contribution is 2.37. The van der Waals surface area contributed by atoms with Crippen molar-refractivity contribution in [1.82, 2.24) is 4.31 Å². The van der Waals surface area contributed by atoms with E-state index in [0.29, 0.717) is 19.8 Å². The summed E-state index contributed by atoms with van der Waals surface area (Å²) in [7, 11) is -2.47. The van der Waals surface area contributed by atoms with Gasteiger partial charge in [-0.3, -0.25) is 10.1 Å². The van der Waals surface area contributed by atoms with E-state index in [2.05, 4.69) is 0 Å². The third kappa shape index (κ3) is 3.38. The molecule has 1 atom stereocenters. The largest absolute Gasteiger partial charge is 0.495 e. The minimum atomic E-state index is -3.78. The van der Waals surface area contributed by atoms with E-state index in [1.165, 1.54) is 23.5 Å². The Morgan fingerprint density at radius 2 is 2.12 bits per heavy atom. The van der Waals surface area contributed by atoms with Crippen LogP contribution >= 0.6 is 0 Å². The van der Waals surface area contributed by atoms with Gasteiger partial charge in [0, 0.05) is 25.3 Å². The maximum absolute atomic E-state index is 13.1. The molecule has 24 heavy (non-hydrogen) atoms. The quantitative estimate of drug-likeness (QED) is 0.545. The second-order valence-electron chi connectivity index (χ2n) is 6.13. The number of nitro benzene ring substituents is 1. The number of hydrogen-bond acceptors (Lipinski definition) is 6. The van der Waals surface area contributed by atoms with Crippen LogP contribution in [0.3, 0.4) is 0 Å². The van der Waals surface area contributed by atoms with E-state index in [4.69, 9.17) is 9.47 Å². The molecule has 1 heterocycles. The second kappa shape index (κ2) is 6.66. The first-order valence-corrected chi connectivity index (χ1v) is 9.29. The molecule has 1 aliphatic carbocycles. The van der Waals surface area contributed by atoms with Gasteiger partial charge in [-0.15, -0.1) is 0 Å². The highest BCUT2D eigenvalue weighted by molar-refractivity contribution is 7.89. The van der Waals surface area contributed by atoms with Crippen molar-refractivity contribution in [1.29, 1.82) is 0 Å². The Hall–Kier alpha value is -1.71. The Morgan fingerprint density at radius 1 is 1.38 bits per heavy atom. The summed E-state index contributed by atoms with van der Waals surface area (Å²) < 4.78 is 38.2. The molecule has 1 saturated heterocycles. The van der Waals surface area contributed by atoms with Gasteiger partial charge in [-0.05, 0) is 31.2 Å². The molecule has 8 nitrogen and oxygen atoms in total. The van der Waals surface area contributed by atoms with Crippen LogP contribution in [0.4, 0.5) is 5.69 Å². The van der Waals surface area contributed by atoms with Gasteiger partial charge in [0.05, 0.1) is 24.7 Å². The van der Waals surface area contributed by atoms with Crippen molar-refractivity contribution in [3.8, 4) is 5.75 Å². The molecule has 1 aromatic rings. The van der Waals surface area contributed by atoms with Gasteiger partial charge in [0.25, 0.3) is 5.69 Å². The molecule has 0 radical (unpaired) electrons. The molecule has 0 bridgehead atoms. The molecule has 2 fully saturated rings. The highest BCUT2D eigenvalue weighted by atomic mass is 32.2. The fourth-order valence-corrected chi connectivity index (χ4v) is 4.80. The number of hydrogen-bond donors (Lipinski definition) is 0. The summed E-state index contributed by atoms with van der Waals surface area (Å²) in [6.45, 7) is 1.63. The van der Waals surface area contributed by atoms with E-state index in [1.54, 1.807) is 0 Å². The van der Waals surface area contributed by atoms with Crippen molar-refractivity contribution in [2.45, 2.75) is 30.2 Å². The highest BCUT2D eigenvalue weighted by Gasteiger charge is 2.41. The van der Waals surface area contributed by atoms with E-state index in [1.807, 2.05) is 0 Å². The van der Waals surface area contributed by atoms with Gasteiger partial charge in [-0.25, -0.2) is 8.42 Å². The molecule has 1 saturated carbocycles. The topological polar surface area (TPSA) is 99.0 Å². The normalized spacial score (nSPS) is 21.2. The first-order chi connectivity index (χ1) is 11.4. The fraction of sp³-hybridized carbons (Fsp3) is 0.600. The van der Waals surface area contributed by atoms with Gasteiger partial charge in [0.1, 0.15) is 10.6 Å². The average Bonchev–Trinajstić information content (AvgIpc) is 3.27. The van der Waals surface area contributed by atoms with Crippen LogP contribution in [0.25, 0.3) is 0 Å². The predicted octanol–water partition coefficient (Wildman–Crippen LogP) is 1.79. The van der Waals surface area contributed by atoms with E-state index in [-0.39, 0.29) is 28.3 Å². The number of non-ortho nitro benzene ring substituents is 1. The summed E-state index contributed by atoms with van der Waals surface area (Å²) in [4.78, 5) is 10.3. The molecule has 3 rings (SSSR count). The number of sulfonamides is 1. The maximum Gasteiger partial charge on any atom is 0.273 e. The lowest BCUT2D eigenvalue weighted by Gasteiger charge is -2.25. The van der Waals surface area contributed by atoms with Crippen molar-refractivity contribution in [3.05, 3.63) is 28.3 Å². The number of rotatable bonds is 7. The summed E-state index contributed by atoms with van der Waals surface area (Å²) in [6, 6.07) is 3.60. The van der Waals surface area contributed by atoms with Gasteiger partial charge < -0.3 is 9.47 Å². The lowest BCUT2D eigenvalue weighted by Crippen LogP contribution is -2.37. The van der Waals surface area contributed by atoms with Crippen molar-refractivity contribution in [2.24, 2.45) is 5.92 Å². The third-order valence-electron chi connectivity index (χ3n) is 4.36. The van der Waals surface area contributed by atoms with Gasteiger partial charge in [-0.1, -0.05) is 0 Å². The van der Waals surface area contributed by atoms with Crippen LogP contribution in [0.15, 0.2) is 23.1 Å². The summed E-state index contributed by atoms with van der Waals surface area (Å²) in [6.07, 6.45) is 2.51. The minimum absolute atomic E-state index is 0.00229. The summed E-state index contributed by atoms with van der Waals surface area (Å²) in [5, 5.41) is 10.9. The monoisotopic (exact) mass is 356 g/mol. The lowest BCUT2D eigenvalue weighted by molar-refractivity contribution is -0.385. The van der Waals surface area contributed by atoms with Crippen LogP contribution in [0.2, 0.25) is 0 Å². The SMILES string of the molecule is COc1cc([N+](=O)[O-])ccc1S(=O)(=O)N(CC1CCOC1)C1CC1. The fourth-order valence-electron chi connectivity index (χ4n) is 2.90. The number of methoxy groups -OCH3 is 1. The molecule has 1 unspecified atom stereocenters. The zero-order chi connectivity index (χ0) is 17.3. The van der Waals surface area contributed by atoms with Crippen molar-refractivity contribution in [2.75, 3.05) is 26.9 Å². The first kappa shape index (κ1) is 17.1. The minimum Gasteiger partial charge on any atom is -0.495 e.